The molecule has 3 nitrogen and oxygen atoms in total. The molecule has 1 heterocycles. The van der Waals surface area contributed by atoms with E-state index in [-0.39, 0.29) is 24.8 Å². The van der Waals surface area contributed by atoms with Crippen molar-refractivity contribution in [1.29, 1.82) is 0 Å². The standard InChI is InChI=1S/C9H20N2O.2ClH/c10-8-9-4-1-2-5-11(9)6-3-7-12;;/h9,12H,1-8,10H2;2*1H. The third-order valence-corrected chi connectivity index (χ3v) is 2.62. The largest absolute Gasteiger partial charge is 0.396 e. The third-order valence-electron chi connectivity index (χ3n) is 2.62. The quantitative estimate of drug-likeness (QED) is 0.777. The van der Waals surface area contributed by atoms with Crippen molar-refractivity contribution in [2.24, 2.45) is 5.73 Å². The summed E-state index contributed by atoms with van der Waals surface area (Å²) in [5, 5.41) is 8.70. The predicted molar refractivity (Wildman–Crippen MR) is 64.5 cm³/mol. The van der Waals surface area contributed by atoms with Crippen molar-refractivity contribution in [3.05, 3.63) is 0 Å². The van der Waals surface area contributed by atoms with Gasteiger partial charge in [0.05, 0.1) is 0 Å². The van der Waals surface area contributed by atoms with Crippen molar-refractivity contribution in [1.82, 2.24) is 4.90 Å². The molecule has 0 aliphatic carbocycles. The van der Waals surface area contributed by atoms with Crippen molar-refractivity contribution < 1.29 is 5.11 Å². The van der Waals surface area contributed by atoms with E-state index < -0.39 is 0 Å². The molecule has 0 aromatic carbocycles. The average Bonchev–Trinajstić information content (AvgIpc) is 2.15. The minimum Gasteiger partial charge on any atom is -0.396 e. The van der Waals surface area contributed by atoms with Crippen molar-refractivity contribution in [3.63, 3.8) is 0 Å². The van der Waals surface area contributed by atoms with Crippen molar-refractivity contribution >= 4 is 24.8 Å². The van der Waals surface area contributed by atoms with E-state index in [4.69, 9.17) is 10.8 Å². The normalized spacial score (nSPS) is 22.3. The number of nitrogens with two attached hydrogens (primary N) is 1. The minimum atomic E-state index is 0. The van der Waals surface area contributed by atoms with Crippen molar-refractivity contribution in [2.45, 2.75) is 31.7 Å². The van der Waals surface area contributed by atoms with Crippen molar-refractivity contribution in [3.8, 4) is 0 Å². The van der Waals surface area contributed by atoms with Crippen LogP contribution < -0.4 is 5.73 Å². The zero-order chi connectivity index (χ0) is 8.81. The SMILES string of the molecule is Cl.Cl.NCC1CCCCN1CCCO. The first kappa shape index (κ1) is 16.9. The number of piperidine rings is 1. The Kier molecular flexibility index (Phi) is 12.0. The number of rotatable bonds is 4. The van der Waals surface area contributed by atoms with Crippen LogP contribution in [0.5, 0.6) is 0 Å². The van der Waals surface area contributed by atoms with Gasteiger partial charge in [0.1, 0.15) is 0 Å². The van der Waals surface area contributed by atoms with Crippen LogP contribution in [0.3, 0.4) is 0 Å². The fourth-order valence-corrected chi connectivity index (χ4v) is 1.90. The van der Waals surface area contributed by atoms with E-state index in [2.05, 4.69) is 4.90 Å². The number of likely N-dealkylation sites (tertiary alicyclic amines) is 1. The molecule has 0 saturated carbocycles. The lowest BCUT2D eigenvalue weighted by molar-refractivity contribution is 0.139. The third kappa shape index (κ3) is 5.37. The Labute approximate surface area is 98.9 Å². The molecule has 0 aromatic rings. The highest BCUT2D eigenvalue weighted by Gasteiger charge is 2.19. The molecule has 1 aliphatic rings. The smallest absolute Gasteiger partial charge is 0.0443 e. The summed E-state index contributed by atoms with van der Waals surface area (Å²) in [4.78, 5) is 2.42. The molecule has 3 N–H and O–H groups in total. The Hall–Kier alpha value is 0.460. The highest BCUT2D eigenvalue weighted by molar-refractivity contribution is 5.85. The number of hydrogen-bond donors (Lipinski definition) is 2. The second-order valence-electron chi connectivity index (χ2n) is 3.50. The second kappa shape index (κ2) is 9.99. The predicted octanol–water partition coefficient (Wildman–Crippen LogP) is 1.03. The summed E-state index contributed by atoms with van der Waals surface area (Å²) >= 11 is 0. The molecule has 1 fully saturated rings. The van der Waals surface area contributed by atoms with E-state index in [1.165, 1.54) is 25.8 Å². The molecule has 0 bridgehead atoms. The summed E-state index contributed by atoms with van der Waals surface area (Å²) in [5.41, 5.74) is 5.66. The van der Waals surface area contributed by atoms with Crippen LogP contribution in [0.4, 0.5) is 0 Å². The monoisotopic (exact) mass is 244 g/mol. The lowest BCUT2D eigenvalue weighted by atomic mass is 10.0. The topological polar surface area (TPSA) is 49.5 Å². The fourth-order valence-electron chi connectivity index (χ4n) is 1.90. The maximum atomic E-state index is 8.70. The number of aliphatic hydroxyl groups excluding tert-OH is 1. The van der Waals surface area contributed by atoms with Gasteiger partial charge in [0, 0.05) is 25.7 Å². The Morgan fingerprint density at radius 1 is 1.29 bits per heavy atom. The first-order valence-electron chi connectivity index (χ1n) is 4.93. The highest BCUT2D eigenvalue weighted by atomic mass is 35.5. The van der Waals surface area contributed by atoms with Crippen LogP contribution in [0.2, 0.25) is 0 Å². The summed E-state index contributed by atoms with van der Waals surface area (Å²) in [5.74, 6) is 0. The zero-order valence-electron chi connectivity index (χ0n) is 8.52. The van der Waals surface area contributed by atoms with Gasteiger partial charge in [0.15, 0.2) is 0 Å². The Morgan fingerprint density at radius 2 is 2.00 bits per heavy atom. The van der Waals surface area contributed by atoms with E-state index in [1.807, 2.05) is 0 Å². The molecule has 0 aromatic heterocycles. The summed E-state index contributed by atoms with van der Waals surface area (Å²) in [7, 11) is 0. The zero-order valence-corrected chi connectivity index (χ0v) is 10.2. The summed E-state index contributed by atoms with van der Waals surface area (Å²) in [6.45, 7) is 3.25. The molecule has 0 radical (unpaired) electrons. The van der Waals surface area contributed by atoms with Crippen LogP contribution in [-0.2, 0) is 0 Å². The van der Waals surface area contributed by atoms with Crippen LogP contribution in [0.1, 0.15) is 25.7 Å². The van der Waals surface area contributed by atoms with Crippen LogP contribution in [0, 0.1) is 0 Å². The van der Waals surface area contributed by atoms with Crippen LogP contribution in [0.25, 0.3) is 0 Å². The molecule has 1 rings (SSSR count). The molecule has 5 heteroatoms. The summed E-state index contributed by atoms with van der Waals surface area (Å²) in [6.07, 6.45) is 4.73. The van der Waals surface area contributed by atoms with Gasteiger partial charge in [-0.1, -0.05) is 6.42 Å². The van der Waals surface area contributed by atoms with Gasteiger partial charge in [-0.2, -0.15) is 0 Å². The first-order valence-corrected chi connectivity index (χ1v) is 4.93. The number of aliphatic hydroxyl groups is 1. The van der Waals surface area contributed by atoms with Gasteiger partial charge in [-0.25, -0.2) is 0 Å². The van der Waals surface area contributed by atoms with E-state index in [0.29, 0.717) is 12.6 Å². The average molecular weight is 245 g/mol. The highest BCUT2D eigenvalue weighted by Crippen LogP contribution is 2.15. The van der Waals surface area contributed by atoms with Gasteiger partial charge in [-0.05, 0) is 25.8 Å². The van der Waals surface area contributed by atoms with Crippen LogP contribution in [0.15, 0.2) is 0 Å². The Morgan fingerprint density at radius 3 is 2.57 bits per heavy atom. The molecular formula is C9H22Cl2N2O. The molecule has 14 heavy (non-hydrogen) atoms. The molecule has 0 spiro atoms. The van der Waals surface area contributed by atoms with E-state index in [1.54, 1.807) is 0 Å². The summed E-state index contributed by atoms with van der Waals surface area (Å²) in [6, 6.07) is 0.574. The van der Waals surface area contributed by atoms with Crippen molar-refractivity contribution in [2.75, 3.05) is 26.2 Å². The minimum absolute atomic E-state index is 0. The molecule has 0 amide bonds. The van der Waals surface area contributed by atoms with E-state index >= 15 is 0 Å². The van der Waals surface area contributed by atoms with E-state index in [0.717, 1.165) is 19.5 Å². The molecule has 1 aliphatic heterocycles. The van der Waals surface area contributed by atoms with Gasteiger partial charge >= 0.3 is 0 Å². The Bertz CT molecular complexity index is 127. The number of nitrogens with zero attached hydrogens (tertiary/aromatic N) is 1. The van der Waals surface area contributed by atoms with Gasteiger partial charge in [0.2, 0.25) is 0 Å². The van der Waals surface area contributed by atoms with E-state index in [9.17, 15) is 0 Å². The molecular weight excluding hydrogens is 223 g/mol. The maximum Gasteiger partial charge on any atom is 0.0443 e. The van der Waals surface area contributed by atoms with Crippen LogP contribution in [-0.4, -0.2) is 42.3 Å². The van der Waals surface area contributed by atoms with Gasteiger partial charge in [-0.3, -0.25) is 4.90 Å². The molecule has 1 unspecified atom stereocenters. The lowest BCUT2D eigenvalue weighted by Crippen LogP contribution is -2.44. The molecule has 88 valence electrons. The fraction of sp³-hybridized carbons (Fsp3) is 1.00. The van der Waals surface area contributed by atoms with Gasteiger partial charge < -0.3 is 10.8 Å². The van der Waals surface area contributed by atoms with Crippen LogP contribution >= 0.6 is 24.8 Å². The maximum absolute atomic E-state index is 8.70. The second-order valence-corrected chi connectivity index (χ2v) is 3.50. The van der Waals surface area contributed by atoms with Gasteiger partial charge in [-0.15, -0.1) is 24.8 Å². The molecule has 1 saturated heterocycles. The lowest BCUT2D eigenvalue weighted by Gasteiger charge is -2.34. The Balaban J connectivity index is 0. The number of halogens is 2. The van der Waals surface area contributed by atoms with Gasteiger partial charge in [0.25, 0.3) is 0 Å². The molecule has 1 atom stereocenters. The first-order chi connectivity index (χ1) is 5.88. The summed E-state index contributed by atoms with van der Waals surface area (Å²) < 4.78 is 0. The number of hydrogen-bond acceptors (Lipinski definition) is 3.